The van der Waals surface area contributed by atoms with E-state index in [4.69, 9.17) is 30.7 Å². The molecule has 0 unspecified atom stereocenters. The van der Waals surface area contributed by atoms with E-state index in [-0.39, 0.29) is 40.7 Å². The smallest absolute Gasteiger partial charge is 0.335 e. The Morgan fingerprint density at radius 2 is 1.45 bits per heavy atom. The van der Waals surface area contributed by atoms with E-state index in [1.165, 1.54) is 12.1 Å². The van der Waals surface area contributed by atoms with Crippen LogP contribution in [0.2, 0.25) is 5.02 Å². The Bertz CT molecular complexity index is 2890. The number of ether oxygens (including phenoxy) is 1. The minimum Gasteiger partial charge on any atom is -0.507 e. The summed E-state index contributed by atoms with van der Waals surface area (Å²) in [7, 11) is 0. The average Bonchev–Trinajstić information content (AvgIpc) is 3.17. The second-order valence-electron chi connectivity index (χ2n) is 13.8. The van der Waals surface area contributed by atoms with Gasteiger partial charge in [-0.05, 0) is 99.5 Å². The molecular weight excluding hydrogens is 728 g/mol. The van der Waals surface area contributed by atoms with E-state index < -0.39 is 11.4 Å². The van der Waals surface area contributed by atoms with E-state index in [1.54, 1.807) is 30.3 Å². The van der Waals surface area contributed by atoms with Crippen molar-refractivity contribution in [3.8, 4) is 33.9 Å². The molecule has 10 nitrogen and oxygen atoms in total. The third kappa shape index (κ3) is 6.69. The first-order valence-corrected chi connectivity index (χ1v) is 18.5. The van der Waals surface area contributed by atoms with Gasteiger partial charge in [-0.1, -0.05) is 35.9 Å². The van der Waals surface area contributed by atoms with Crippen LogP contribution in [0.4, 0.5) is 11.4 Å². The Hall–Kier alpha value is -6.65. The Balaban J connectivity index is 1.33. The molecule has 4 aromatic carbocycles. The van der Waals surface area contributed by atoms with E-state index in [1.807, 2.05) is 70.2 Å². The van der Waals surface area contributed by atoms with Gasteiger partial charge in [-0.25, -0.2) is 4.79 Å². The molecule has 280 valence electrons. The zero-order valence-electron chi connectivity index (χ0n) is 31.1. The summed E-state index contributed by atoms with van der Waals surface area (Å²) in [4.78, 5) is 35.4. The number of aromatic hydroxyl groups is 1. The Kier molecular flexibility index (Phi) is 9.43. The molecule has 0 saturated heterocycles. The van der Waals surface area contributed by atoms with Gasteiger partial charge in [-0.2, -0.15) is 0 Å². The van der Waals surface area contributed by atoms with Gasteiger partial charge < -0.3 is 30.0 Å². The van der Waals surface area contributed by atoms with Crippen molar-refractivity contribution in [3.63, 3.8) is 0 Å². The lowest BCUT2D eigenvalue weighted by molar-refractivity contribution is 0.0697. The number of aryl methyl sites for hydroxylation is 3. The summed E-state index contributed by atoms with van der Waals surface area (Å²) < 4.78 is 12.6. The van der Waals surface area contributed by atoms with Crippen molar-refractivity contribution in [3.05, 3.63) is 140 Å². The number of carbonyl (C=O) groups is 1. The van der Waals surface area contributed by atoms with Crippen molar-refractivity contribution in [2.24, 2.45) is 0 Å². The van der Waals surface area contributed by atoms with Crippen LogP contribution in [-0.2, 0) is 13.1 Å². The monoisotopic (exact) mass is 764 g/mol. The van der Waals surface area contributed by atoms with Crippen molar-refractivity contribution < 1.29 is 24.2 Å². The molecule has 6 aromatic rings. The molecule has 1 aliphatic carbocycles. The van der Waals surface area contributed by atoms with E-state index in [0.29, 0.717) is 51.3 Å². The molecule has 56 heavy (non-hydrogen) atoms. The quantitative estimate of drug-likeness (QED) is 0.0992. The number of anilines is 2. The number of carboxylic acids is 1. The van der Waals surface area contributed by atoms with Gasteiger partial charge in [0.15, 0.2) is 0 Å². The predicted molar refractivity (Wildman–Crippen MR) is 222 cm³/mol. The number of aromatic nitrogens is 2. The molecule has 2 aliphatic rings. The summed E-state index contributed by atoms with van der Waals surface area (Å²) in [5.41, 5.74) is 8.27. The highest BCUT2D eigenvalue weighted by molar-refractivity contribution is 6.31. The molecule has 0 radical (unpaired) electrons. The maximum atomic E-state index is 14.0. The van der Waals surface area contributed by atoms with Crippen LogP contribution in [0.15, 0.2) is 100 Å². The standard InChI is InChI=1S/C45H37ClN4O6/c1-5-55-30-18-29-9-7-25(4)50-41(29)37(19-30)47-21-33-38(51)15-14-31-39(26-10-12-27(13-11-26)45(53)54)32-20-35(46)42(52)34(44(32)56-43(31)33)22-48-36-17-23(2)16-28-8-6-24(3)49-40(28)36/h6-20,47-48,51H,5,21-22H2,1-4H3,(H,53,54). The molecule has 1 aliphatic heterocycles. The van der Waals surface area contributed by atoms with Gasteiger partial charge in [-0.15, -0.1) is 0 Å². The molecule has 0 amide bonds. The average molecular weight is 765 g/mol. The van der Waals surface area contributed by atoms with Crippen LogP contribution in [0.3, 0.4) is 0 Å². The molecule has 11 heteroatoms. The number of benzene rings is 5. The lowest BCUT2D eigenvalue weighted by atomic mass is 9.90. The molecule has 8 rings (SSSR count). The van der Waals surface area contributed by atoms with E-state index >= 15 is 0 Å². The van der Waals surface area contributed by atoms with Crippen LogP contribution in [0, 0.1) is 20.8 Å². The third-order valence-electron chi connectivity index (χ3n) is 9.88. The van der Waals surface area contributed by atoms with Crippen LogP contribution in [-0.4, -0.2) is 32.8 Å². The van der Waals surface area contributed by atoms with Crippen molar-refractivity contribution in [1.82, 2.24) is 9.97 Å². The van der Waals surface area contributed by atoms with E-state index in [0.717, 1.165) is 44.4 Å². The van der Waals surface area contributed by atoms with Gasteiger partial charge in [0.2, 0.25) is 5.43 Å². The normalized spacial score (nSPS) is 11.4. The maximum Gasteiger partial charge on any atom is 0.335 e. The van der Waals surface area contributed by atoms with Crippen LogP contribution in [0.25, 0.3) is 55.2 Å². The zero-order valence-corrected chi connectivity index (χ0v) is 31.8. The van der Waals surface area contributed by atoms with Crippen molar-refractivity contribution >= 4 is 61.7 Å². The van der Waals surface area contributed by atoms with E-state index in [2.05, 4.69) is 16.7 Å². The number of pyridine rings is 2. The zero-order chi connectivity index (χ0) is 39.2. The molecule has 0 atom stereocenters. The molecule has 4 N–H and O–H groups in total. The lowest BCUT2D eigenvalue weighted by Crippen LogP contribution is -2.17. The van der Waals surface area contributed by atoms with Crippen LogP contribution < -0.4 is 20.8 Å². The number of nitrogens with one attached hydrogen (secondary N) is 2. The van der Waals surface area contributed by atoms with Gasteiger partial charge in [0.25, 0.3) is 0 Å². The minimum absolute atomic E-state index is 0.000143. The predicted octanol–water partition coefficient (Wildman–Crippen LogP) is 10.3. The molecule has 3 heterocycles. The fourth-order valence-corrected chi connectivity index (χ4v) is 7.47. The third-order valence-corrected chi connectivity index (χ3v) is 10.2. The van der Waals surface area contributed by atoms with Crippen molar-refractivity contribution in [2.45, 2.75) is 40.8 Å². The van der Waals surface area contributed by atoms with Gasteiger partial charge in [0.1, 0.15) is 22.8 Å². The summed E-state index contributed by atoms with van der Waals surface area (Å²) >= 11 is 6.72. The second-order valence-corrected chi connectivity index (χ2v) is 14.2. The first-order chi connectivity index (χ1) is 27.0. The maximum absolute atomic E-state index is 14.0. The second kappa shape index (κ2) is 14.5. The number of phenols is 1. The number of halogens is 1. The lowest BCUT2D eigenvalue weighted by Gasteiger charge is -2.21. The minimum atomic E-state index is -1.06. The number of phenolic OH excluding ortho intramolecular Hbond substituents is 1. The van der Waals surface area contributed by atoms with Crippen molar-refractivity contribution in [1.29, 1.82) is 0 Å². The van der Waals surface area contributed by atoms with Crippen molar-refractivity contribution in [2.75, 3.05) is 17.2 Å². The number of nitrogens with zero attached hydrogens (tertiary/aromatic N) is 2. The molecule has 0 bridgehead atoms. The highest BCUT2D eigenvalue weighted by Gasteiger charge is 2.26. The van der Waals surface area contributed by atoms with Gasteiger partial charge in [-0.3, -0.25) is 14.8 Å². The van der Waals surface area contributed by atoms with Gasteiger partial charge in [0.05, 0.1) is 50.7 Å². The number of hydrogen-bond acceptors (Lipinski definition) is 9. The Morgan fingerprint density at radius 1 is 0.804 bits per heavy atom. The number of carboxylic acid groups (broad SMARTS) is 1. The SMILES string of the molecule is CCOc1cc(NCc2c(O)ccc3c(-c4ccc(C(=O)O)cc4)c4cc(Cl)c(=O)c(CNc5cc(C)cc6ccc(C)nc56)c-4oc23)c2nc(C)ccc2c1. The summed E-state index contributed by atoms with van der Waals surface area (Å²) in [6.07, 6.45) is 0. The van der Waals surface area contributed by atoms with E-state index in [9.17, 15) is 19.8 Å². The topological polar surface area (TPSA) is 147 Å². The number of aromatic carboxylic acids is 1. The first kappa shape index (κ1) is 36.3. The summed E-state index contributed by atoms with van der Waals surface area (Å²) in [6, 6.07) is 27.2. The molecule has 0 saturated carbocycles. The number of rotatable bonds is 10. The van der Waals surface area contributed by atoms with Gasteiger partial charge >= 0.3 is 5.97 Å². The Labute approximate surface area is 326 Å². The fourth-order valence-electron chi connectivity index (χ4n) is 7.24. The number of fused-ring (bicyclic) bond motifs is 4. The number of hydrogen-bond donors (Lipinski definition) is 4. The molecule has 2 aromatic heterocycles. The molecule has 0 fully saturated rings. The largest absolute Gasteiger partial charge is 0.507 e. The van der Waals surface area contributed by atoms with Crippen LogP contribution in [0.1, 0.15) is 45.4 Å². The summed E-state index contributed by atoms with van der Waals surface area (Å²) in [5, 5.41) is 30.5. The van der Waals surface area contributed by atoms with Crippen LogP contribution >= 0.6 is 11.6 Å². The molecule has 0 spiro atoms. The first-order valence-electron chi connectivity index (χ1n) is 18.2. The highest BCUT2D eigenvalue weighted by Crippen LogP contribution is 2.45. The highest BCUT2D eigenvalue weighted by atomic mass is 35.5. The summed E-state index contributed by atoms with van der Waals surface area (Å²) in [5.74, 6) is -0.148. The van der Waals surface area contributed by atoms with Gasteiger partial charge in [0, 0.05) is 57.8 Å². The fraction of sp³-hybridized carbons (Fsp3) is 0.156. The molecular formula is C45H37ClN4O6. The summed E-state index contributed by atoms with van der Waals surface area (Å²) in [6.45, 7) is 8.41. The Morgan fingerprint density at radius 3 is 2.11 bits per heavy atom. The van der Waals surface area contributed by atoms with Crippen LogP contribution in [0.5, 0.6) is 11.5 Å².